The molecule has 0 saturated carbocycles. The van der Waals surface area contributed by atoms with E-state index < -0.39 is 22.5 Å². The van der Waals surface area contributed by atoms with Gasteiger partial charge in [0, 0.05) is 6.20 Å². The Bertz CT molecular complexity index is 1170. The third-order valence-electron chi connectivity index (χ3n) is 4.12. The van der Waals surface area contributed by atoms with Gasteiger partial charge in [0.05, 0.1) is 34.6 Å². The molecule has 2 aromatic carbocycles. The van der Waals surface area contributed by atoms with Gasteiger partial charge >= 0.3 is 0 Å². The molecule has 1 aromatic heterocycles. The van der Waals surface area contributed by atoms with Crippen LogP contribution in [0.3, 0.4) is 0 Å². The molecular formula is C21H19ClN4O4S. The molecule has 0 fully saturated rings. The van der Waals surface area contributed by atoms with Crippen molar-refractivity contribution in [2.75, 3.05) is 18.0 Å². The minimum Gasteiger partial charge on any atom is -0.495 e. The largest absolute Gasteiger partial charge is 0.495 e. The van der Waals surface area contributed by atoms with Gasteiger partial charge in [-0.2, -0.15) is 5.10 Å². The van der Waals surface area contributed by atoms with Crippen molar-refractivity contribution in [3.05, 3.63) is 83.6 Å². The monoisotopic (exact) mass is 458 g/mol. The molecule has 0 aliphatic carbocycles. The number of carbonyl (C=O) groups is 1. The number of halogens is 1. The standard InChI is InChI=1S/C21H19ClN4O4S/c1-30-20-11-10-17(13-19(20)22)26(31(28,29)18-8-3-2-4-9-18)15-21(27)25-24-14-16-7-5-6-12-23-16/h2-14H,15H2,1H3,(H,25,27)/b24-14-. The Labute approximate surface area is 185 Å². The first-order chi connectivity index (χ1) is 14.9. The van der Waals surface area contributed by atoms with Crippen LogP contribution < -0.4 is 14.5 Å². The number of benzene rings is 2. The Kier molecular flexibility index (Phi) is 7.22. The van der Waals surface area contributed by atoms with E-state index in [1.807, 2.05) is 0 Å². The smallest absolute Gasteiger partial charge is 0.264 e. The Balaban J connectivity index is 1.88. The molecule has 0 unspecified atom stereocenters. The van der Waals surface area contributed by atoms with Crippen LogP contribution in [0.4, 0.5) is 5.69 Å². The van der Waals surface area contributed by atoms with Gasteiger partial charge in [0.25, 0.3) is 15.9 Å². The van der Waals surface area contributed by atoms with Gasteiger partial charge in [-0.05, 0) is 42.5 Å². The van der Waals surface area contributed by atoms with Gasteiger partial charge in [-0.25, -0.2) is 13.8 Å². The van der Waals surface area contributed by atoms with E-state index in [-0.39, 0.29) is 15.6 Å². The van der Waals surface area contributed by atoms with Gasteiger partial charge in [-0.1, -0.05) is 35.9 Å². The van der Waals surface area contributed by atoms with Gasteiger partial charge in [0.2, 0.25) is 0 Å². The molecule has 0 saturated heterocycles. The van der Waals surface area contributed by atoms with Crippen molar-refractivity contribution in [2.24, 2.45) is 5.10 Å². The van der Waals surface area contributed by atoms with Crippen molar-refractivity contribution in [3.63, 3.8) is 0 Å². The molecule has 1 amide bonds. The number of sulfonamides is 1. The summed E-state index contributed by atoms with van der Waals surface area (Å²) in [6, 6.07) is 17.5. The van der Waals surface area contributed by atoms with Crippen LogP contribution in [0.1, 0.15) is 5.69 Å². The Morgan fingerprint density at radius 3 is 2.55 bits per heavy atom. The molecule has 10 heteroatoms. The predicted octanol–water partition coefficient (Wildman–Crippen LogP) is 3.09. The molecule has 1 heterocycles. The lowest BCUT2D eigenvalue weighted by molar-refractivity contribution is -0.119. The molecule has 0 bridgehead atoms. The molecule has 160 valence electrons. The van der Waals surface area contributed by atoms with Gasteiger partial charge < -0.3 is 4.74 Å². The van der Waals surface area contributed by atoms with Crippen LogP contribution in [0.25, 0.3) is 0 Å². The minimum absolute atomic E-state index is 0.0340. The molecule has 8 nitrogen and oxygen atoms in total. The van der Waals surface area contributed by atoms with Crippen molar-refractivity contribution in [1.29, 1.82) is 0 Å². The molecular weight excluding hydrogens is 440 g/mol. The zero-order chi connectivity index (χ0) is 22.3. The Morgan fingerprint density at radius 1 is 1.16 bits per heavy atom. The number of rotatable bonds is 8. The lowest BCUT2D eigenvalue weighted by Gasteiger charge is -2.24. The normalized spacial score (nSPS) is 11.3. The number of hydrazone groups is 1. The lowest BCUT2D eigenvalue weighted by atomic mass is 10.3. The predicted molar refractivity (Wildman–Crippen MR) is 119 cm³/mol. The molecule has 1 N–H and O–H groups in total. The van der Waals surface area contributed by atoms with Gasteiger partial charge in [0.15, 0.2) is 0 Å². The van der Waals surface area contributed by atoms with Crippen molar-refractivity contribution < 1.29 is 17.9 Å². The highest BCUT2D eigenvalue weighted by Gasteiger charge is 2.27. The minimum atomic E-state index is -4.05. The summed E-state index contributed by atoms with van der Waals surface area (Å²) in [5, 5.41) is 4.04. The van der Waals surface area contributed by atoms with Crippen molar-refractivity contribution in [2.45, 2.75) is 4.90 Å². The van der Waals surface area contributed by atoms with Crippen LogP contribution >= 0.6 is 11.6 Å². The second-order valence-corrected chi connectivity index (χ2v) is 8.46. The third kappa shape index (κ3) is 5.59. The van der Waals surface area contributed by atoms with Gasteiger partial charge in [0.1, 0.15) is 12.3 Å². The second kappa shape index (κ2) is 10.1. The number of aromatic nitrogens is 1. The van der Waals surface area contributed by atoms with Crippen LogP contribution in [0, 0.1) is 0 Å². The SMILES string of the molecule is COc1ccc(N(CC(=O)N/N=C\c2ccccn2)S(=O)(=O)c2ccccc2)cc1Cl. The highest BCUT2D eigenvalue weighted by Crippen LogP contribution is 2.31. The van der Waals surface area contributed by atoms with E-state index in [0.29, 0.717) is 11.4 Å². The second-order valence-electron chi connectivity index (χ2n) is 6.19. The average Bonchev–Trinajstić information content (AvgIpc) is 2.78. The van der Waals surface area contributed by atoms with Gasteiger partial charge in [-0.3, -0.25) is 14.1 Å². The molecule has 31 heavy (non-hydrogen) atoms. The summed E-state index contributed by atoms with van der Waals surface area (Å²) in [6.45, 7) is -0.514. The average molecular weight is 459 g/mol. The van der Waals surface area contributed by atoms with Crippen molar-refractivity contribution in [3.8, 4) is 5.75 Å². The van der Waals surface area contributed by atoms with E-state index in [0.717, 1.165) is 4.31 Å². The number of amides is 1. The number of carbonyl (C=O) groups excluding carboxylic acids is 1. The molecule has 0 aliphatic rings. The van der Waals surface area contributed by atoms with Crippen LogP contribution in [0.15, 0.2) is 82.9 Å². The summed E-state index contributed by atoms with van der Waals surface area (Å²) in [6.07, 6.45) is 2.95. The number of nitrogens with one attached hydrogen (secondary N) is 1. The van der Waals surface area contributed by atoms with E-state index in [9.17, 15) is 13.2 Å². The Morgan fingerprint density at radius 2 is 1.90 bits per heavy atom. The number of pyridine rings is 1. The van der Waals surface area contributed by atoms with Crippen LogP contribution in [0.2, 0.25) is 5.02 Å². The summed E-state index contributed by atoms with van der Waals surface area (Å²) in [5.74, 6) is -0.259. The van der Waals surface area contributed by atoms with E-state index in [2.05, 4.69) is 15.5 Å². The molecule has 0 spiro atoms. The fraction of sp³-hybridized carbons (Fsp3) is 0.0952. The Hall–Kier alpha value is -3.43. The maximum atomic E-state index is 13.3. The summed E-state index contributed by atoms with van der Waals surface area (Å²) in [5.41, 5.74) is 3.07. The van der Waals surface area contributed by atoms with E-state index >= 15 is 0 Å². The first-order valence-corrected chi connectivity index (χ1v) is 10.9. The molecule has 3 aromatic rings. The summed E-state index contributed by atoms with van der Waals surface area (Å²) >= 11 is 6.18. The fourth-order valence-corrected chi connectivity index (χ4v) is 4.32. The van der Waals surface area contributed by atoms with E-state index in [4.69, 9.17) is 16.3 Å². The number of nitrogens with zero attached hydrogens (tertiary/aromatic N) is 3. The number of anilines is 1. The topological polar surface area (TPSA) is 101 Å². The quantitative estimate of drug-likeness (QED) is 0.413. The lowest BCUT2D eigenvalue weighted by Crippen LogP contribution is -2.39. The molecule has 0 atom stereocenters. The van der Waals surface area contributed by atoms with E-state index in [1.165, 1.54) is 43.7 Å². The molecule has 3 rings (SSSR count). The van der Waals surface area contributed by atoms with Crippen molar-refractivity contribution >= 4 is 39.4 Å². The number of ether oxygens (including phenoxy) is 1. The zero-order valence-corrected chi connectivity index (χ0v) is 18.0. The first kappa shape index (κ1) is 22.3. The van der Waals surface area contributed by atoms with Crippen LogP contribution in [-0.4, -0.2) is 39.2 Å². The highest BCUT2D eigenvalue weighted by molar-refractivity contribution is 7.92. The number of hydrogen-bond donors (Lipinski definition) is 1. The maximum absolute atomic E-state index is 13.3. The fourth-order valence-electron chi connectivity index (χ4n) is 2.63. The van der Waals surface area contributed by atoms with Gasteiger partial charge in [-0.15, -0.1) is 0 Å². The van der Waals surface area contributed by atoms with Crippen molar-refractivity contribution in [1.82, 2.24) is 10.4 Å². The molecule has 0 radical (unpaired) electrons. The highest BCUT2D eigenvalue weighted by atomic mass is 35.5. The zero-order valence-electron chi connectivity index (χ0n) is 16.5. The summed E-state index contributed by atoms with van der Waals surface area (Å²) in [4.78, 5) is 16.6. The first-order valence-electron chi connectivity index (χ1n) is 9.06. The number of hydrogen-bond acceptors (Lipinski definition) is 6. The van der Waals surface area contributed by atoms with Crippen LogP contribution in [0.5, 0.6) is 5.75 Å². The molecule has 0 aliphatic heterocycles. The maximum Gasteiger partial charge on any atom is 0.264 e. The third-order valence-corrected chi connectivity index (χ3v) is 6.20. The van der Waals surface area contributed by atoms with Crippen LogP contribution in [-0.2, 0) is 14.8 Å². The summed E-state index contributed by atoms with van der Waals surface area (Å²) < 4.78 is 32.6. The summed E-state index contributed by atoms with van der Waals surface area (Å²) in [7, 11) is -2.60. The van der Waals surface area contributed by atoms with E-state index in [1.54, 1.807) is 42.6 Å². The number of methoxy groups -OCH3 is 1.